The third-order valence-electron chi connectivity index (χ3n) is 4.34. The summed E-state index contributed by atoms with van der Waals surface area (Å²) in [6.07, 6.45) is 13.0. The van der Waals surface area contributed by atoms with Crippen LogP contribution in [0.2, 0.25) is 0 Å². The van der Waals surface area contributed by atoms with Crippen molar-refractivity contribution in [2.24, 2.45) is 0 Å². The van der Waals surface area contributed by atoms with Crippen molar-refractivity contribution in [3.05, 3.63) is 37.4 Å². The van der Waals surface area contributed by atoms with Crippen molar-refractivity contribution in [1.82, 2.24) is 19.8 Å². The normalized spacial score (nSPS) is 11.8. The van der Waals surface area contributed by atoms with Gasteiger partial charge in [-0.3, -0.25) is 0 Å². The zero-order chi connectivity index (χ0) is 24.5. The van der Waals surface area contributed by atoms with Gasteiger partial charge in [0.2, 0.25) is 19.3 Å². The third kappa shape index (κ3) is 11.4. The first-order valence-electron chi connectivity index (χ1n) is 11.4. The zero-order valence-electron chi connectivity index (χ0n) is 20.8. The van der Waals surface area contributed by atoms with Crippen LogP contribution in [-0.2, 0) is 29.2 Å². The summed E-state index contributed by atoms with van der Waals surface area (Å²) in [6, 6.07) is 0. The molecule has 0 aliphatic rings. The van der Waals surface area contributed by atoms with E-state index in [1.54, 1.807) is 0 Å². The summed E-state index contributed by atoms with van der Waals surface area (Å²) in [4.78, 5) is 23.3. The fourth-order valence-electron chi connectivity index (χ4n) is 3.03. The predicted octanol–water partition coefficient (Wildman–Crippen LogP) is 2.20. The molecule has 0 unspecified atom stereocenters. The molecule has 2 N–H and O–H groups in total. The minimum Gasteiger partial charge on any atom is -0.444 e. The quantitative estimate of drug-likeness (QED) is 0.416. The standard InChI is InChI=1S/C23H38N6O4/c1-22(2,3)32-20(30)24-9-7-11-26-13-15-28(17-26)19-29-16-14-27(18-29)12-8-10-25-21(31)33-23(4,5)6/h13-18H,7-12,19H2,1-6H3/p+2. The van der Waals surface area contributed by atoms with Crippen LogP contribution in [0.4, 0.5) is 9.59 Å². The Kier molecular flexibility index (Phi) is 9.31. The average molecular weight is 465 g/mol. The molecule has 2 amide bonds. The fraction of sp³-hybridized carbons (Fsp3) is 0.652. The van der Waals surface area contributed by atoms with Gasteiger partial charge in [-0.05, 0) is 41.5 Å². The van der Waals surface area contributed by atoms with Crippen LogP contribution >= 0.6 is 0 Å². The number of imidazole rings is 2. The minimum atomic E-state index is -0.482. The van der Waals surface area contributed by atoms with E-state index in [1.165, 1.54) is 0 Å². The second-order valence-corrected chi connectivity index (χ2v) is 10.0. The summed E-state index contributed by atoms with van der Waals surface area (Å²) >= 11 is 0. The Morgan fingerprint density at radius 2 is 1.15 bits per heavy atom. The van der Waals surface area contributed by atoms with Gasteiger partial charge in [0.15, 0.2) is 0 Å². The number of hydrogen-bond donors (Lipinski definition) is 2. The molecule has 2 rings (SSSR count). The number of carbonyl (C=O) groups is 2. The summed E-state index contributed by atoms with van der Waals surface area (Å²) in [6.45, 7) is 14.5. The number of ether oxygens (including phenoxy) is 2. The lowest BCUT2D eigenvalue weighted by atomic mass is 10.2. The SMILES string of the molecule is CC(C)(C)OC(=O)NCCCn1cc[n+](C[n+]2ccn(CCCNC(=O)OC(C)(C)C)c2)c1. The number of rotatable bonds is 10. The van der Waals surface area contributed by atoms with Gasteiger partial charge in [-0.25, -0.2) is 18.7 Å². The molecule has 10 nitrogen and oxygen atoms in total. The lowest BCUT2D eigenvalue weighted by Crippen LogP contribution is -2.49. The first-order valence-corrected chi connectivity index (χ1v) is 11.4. The van der Waals surface area contributed by atoms with Gasteiger partial charge in [0.05, 0.1) is 13.1 Å². The molecule has 2 aromatic heterocycles. The van der Waals surface area contributed by atoms with Gasteiger partial charge in [0.25, 0.3) is 0 Å². The Labute approximate surface area is 196 Å². The maximum Gasteiger partial charge on any atom is 0.407 e. The Morgan fingerprint density at radius 1 is 0.758 bits per heavy atom. The number of aromatic nitrogens is 4. The number of nitrogens with zero attached hydrogens (tertiary/aromatic N) is 4. The molecule has 10 heteroatoms. The molecular weight excluding hydrogens is 424 g/mol. The molecule has 184 valence electrons. The van der Waals surface area contributed by atoms with Gasteiger partial charge in [-0.2, -0.15) is 9.13 Å². The van der Waals surface area contributed by atoms with E-state index in [1.807, 2.05) is 79.0 Å². The summed E-state index contributed by atoms with van der Waals surface area (Å²) in [5.41, 5.74) is -0.965. The average Bonchev–Trinajstić information content (AvgIpc) is 3.29. The topological polar surface area (TPSA) is 94.3 Å². The van der Waals surface area contributed by atoms with Crippen LogP contribution in [0.5, 0.6) is 0 Å². The van der Waals surface area contributed by atoms with E-state index >= 15 is 0 Å². The van der Waals surface area contributed by atoms with Crippen LogP contribution in [0, 0.1) is 0 Å². The van der Waals surface area contributed by atoms with Crippen LogP contribution in [0.3, 0.4) is 0 Å². The highest BCUT2D eigenvalue weighted by Crippen LogP contribution is 2.07. The monoisotopic (exact) mass is 464 g/mol. The predicted molar refractivity (Wildman–Crippen MR) is 122 cm³/mol. The molecule has 0 saturated carbocycles. The van der Waals surface area contributed by atoms with E-state index in [2.05, 4.69) is 28.9 Å². The molecule has 0 fully saturated rings. The number of aryl methyl sites for hydroxylation is 2. The lowest BCUT2D eigenvalue weighted by Gasteiger charge is -2.19. The van der Waals surface area contributed by atoms with Crippen LogP contribution in [0.15, 0.2) is 37.4 Å². The van der Waals surface area contributed by atoms with Crippen LogP contribution in [0.1, 0.15) is 54.4 Å². The largest absolute Gasteiger partial charge is 0.444 e. The summed E-state index contributed by atoms with van der Waals surface area (Å²) in [5, 5.41) is 5.55. The summed E-state index contributed by atoms with van der Waals surface area (Å²) in [7, 11) is 0. The van der Waals surface area contributed by atoms with Crippen molar-refractivity contribution in [3.8, 4) is 0 Å². The molecule has 0 bridgehead atoms. The number of amides is 2. The van der Waals surface area contributed by atoms with Gasteiger partial charge in [0.1, 0.15) is 36.0 Å². The van der Waals surface area contributed by atoms with E-state index < -0.39 is 11.2 Å². The lowest BCUT2D eigenvalue weighted by molar-refractivity contribution is -0.912. The van der Waals surface area contributed by atoms with E-state index in [4.69, 9.17) is 9.47 Å². The van der Waals surface area contributed by atoms with E-state index in [0.717, 1.165) is 25.9 Å². The number of alkyl carbamates (subject to hydrolysis) is 2. The van der Waals surface area contributed by atoms with Gasteiger partial charge in [-0.15, -0.1) is 0 Å². The Hall–Kier alpha value is -3.04. The molecule has 33 heavy (non-hydrogen) atoms. The third-order valence-corrected chi connectivity index (χ3v) is 4.34. The number of carbonyl (C=O) groups excluding carboxylic acids is 2. The minimum absolute atomic E-state index is 0.383. The number of nitrogens with one attached hydrogen (secondary N) is 2. The van der Waals surface area contributed by atoms with E-state index in [9.17, 15) is 9.59 Å². The van der Waals surface area contributed by atoms with Gasteiger partial charge in [0, 0.05) is 25.9 Å². The highest BCUT2D eigenvalue weighted by atomic mass is 16.6. The van der Waals surface area contributed by atoms with Crippen LogP contribution in [-0.4, -0.2) is 45.6 Å². The zero-order valence-corrected chi connectivity index (χ0v) is 20.8. The van der Waals surface area contributed by atoms with Crippen molar-refractivity contribution in [3.63, 3.8) is 0 Å². The van der Waals surface area contributed by atoms with Crippen molar-refractivity contribution in [2.45, 2.75) is 85.3 Å². The highest BCUT2D eigenvalue weighted by Gasteiger charge is 2.16. The molecule has 2 aromatic rings. The molecule has 0 spiro atoms. The molecular formula is C23H40N6O4+2. The Morgan fingerprint density at radius 3 is 1.52 bits per heavy atom. The second kappa shape index (κ2) is 11.7. The van der Waals surface area contributed by atoms with Gasteiger partial charge >= 0.3 is 12.2 Å². The summed E-state index contributed by atoms with van der Waals surface area (Å²) < 4.78 is 18.8. The molecule has 0 saturated heterocycles. The molecule has 2 heterocycles. The van der Waals surface area contributed by atoms with Crippen molar-refractivity contribution in [1.29, 1.82) is 0 Å². The van der Waals surface area contributed by atoms with Gasteiger partial charge < -0.3 is 20.1 Å². The first-order chi connectivity index (χ1) is 15.4. The van der Waals surface area contributed by atoms with Crippen molar-refractivity contribution >= 4 is 12.2 Å². The van der Waals surface area contributed by atoms with E-state index in [-0.39, 0.29) is 12.2 Å². The maximum atomic E-state index is 11.7. The Bertz CT molecular complexity index is 819. The van der Waals surface area contributed by atoms with Crippen LogP contribution in [0.25, 0.3) is 0 Å². The molecule has 0 radical (unpaired) electrons. The highest BCUT2D eigenvalue weighted by molar-refractivity contribution is 5.67. The molecule has 0 aliphatic carbocycles. The fourth-order valence-corrected chi connectivity index (χ4v) is 3.03. The molecule has 0 aliphatic heterocycles. The maximum absolute atomic E-state index is 11.7. The first kappa shape index (κ1) is 26.2. The smallest absolute Gasteiger partial charge is 0.407 e. The van der Waals surface area contributed by atoms with Crippen molar-refractivity contribution in [2.75, 3.05) is 13.1 Å². The van der Waals surface area contributed by atoms with E-state index in [0.29, 0.717) is 19.8 Å². The van der Waals surface area contributed by atoms with Gasteiger partial charge in [-0.1, -0.05) is 0 Å². The Balaban J connectivity index is 1.66. The molecule has 0 atom stereocenters. The second-order valence-electron chi connectivity index (χ2n) is 10.0. The van der Waals surface area contributed by atoms with Crippen LogP contribution < -0.4 is 19.8 Å². The molecule has 0 aromatic carbocycles. The summed E-state index contributed by atoms with van der Waals surface area (Å²) in [5.74, 6) is 0. The number of hydrogen-bond acceptors (Lipinski definition) is 4. The van der Waals surface area contributed by atoms with Crippen molar-refractivity contribution < 1.29 is 28.2 Å².